The first kappa shape index (κ1) is 23.4. The summed E-state index contributed by atoms with van der Waals surface area (Å²) in [6.45, 7) is 2.47. The van der Waals surface area contributed by atoms with Crippen LogP contribution in [0.5, 0.6) is 5.75 Å². The van der Waals surface area contributed by atoms with E-state index in [1.807, 2.05) is 12.1 Å². The molecule has 0 amide bonds. The molecule has 1 atom stereocenters. The van der Waals surface area contributed by atoms with Gasteiger partial charge in [0.2, 0.25) is 10.0 Å². The molecule has 0 aromatic heterocycles. The molecule has 0 saturated carbocycles. The van der Waals surface area contributed by atoms with Crippen molar-refractivity contribution < 1.29 is 17.9 Å². The number of benzene rings is 2. The van der Waals surface area contributed by atoms with E-state index in [9.17, 15) is 13.2 Å². The highest BCUT2D eigenvalue weighted by molar-refractivity contribution is 7.89. The molecule has 8 nitrogen and oxygen atoms in total. The van der Waals surface area contributed by atoms with Crippen molar-refractivity contribution in [3.8, 4) is 5.75 Å². The van der Waals surface area contributed by atoms with E-state index in [0.717, 1.165) is 18.4 Å². The van der Waals surface area contributed by atoms with Gasteiger partial charge in [-0.25, -0.2) is 13.1 Å². The average molecular weight is 433 g/mol. The maximum absolute atomic E-state index is 12.5. The fraction of sp³-hybridized carbons (Fsp3) is 0.333. The number of hydrogen-bond donors (Lipinski definition) is 3. The number of carbonyl (C=O) groups excluding carboxylic acids is 1. The lowest BCUT2D eigenvalue weighted by Gasteiger charge is -2.16. The Kier molecular flexibility index (Phi) is 8.82. The predicted molar refractivity (Wildman–Crippen MR) is 117 cm³/mol. The van der Waals surface area contributed by atoms with Gasteiger partial charge in [0.25, 0.3) is 0 Å². The van der Waals surface area contributed by atoms with E-state index >= 15 is 0 Å². The third-order valence-electron chi connectivity index (χ3n) is 4.32. The third-order valence-corrected chi connectivity index (χ3v) is 5.81. The van der Waals surface area contributed by atoms with Crippen molar-refractivity contribution in [2.24, 2.45) is 16.5 Å². The quantitative estimate of drug-likeness (QED) is 0.265. The Balaban J connectivity index is 1.90. The summed E-state index contributed by atoms with van der Waals surface area (Å²) in [5, 5.41) is 0. The van der Waals surface area contributed by atoms with Gasteiger partial charge in [0.15, 0.2) is 5.96 Å². The van der Waals surface area contributed by atoms with Crippen molar-refractivity contribution in [1.29, 1.82) is 0 Å². The molecule has 9 heteroatoms. The summed E-state index contributed by atoms with van der Waals surface area (Å²) >= 11 is 0. The fourth-order valence-corrected chi connectivity index (χ4v) is 3.97. The van der Waals surface area contributed by atoms with Gasteiger partial charge in [-0.15, -0.1) is 0 Å². The first-order valence-electron chi connectivity index (χ1n) is 9.63. The minimum atomic E-state index is -3.78. The number of unbranched alkanes of at least 4 members (excludes halogenated alkanes) is 1. The Morgan fingerprint density at radius 3 is 2.33 bits per heavy atom. The molecule has 0 aliphatic carbocycles. The van der Waals surface area contributed by atoms with E-state index in [4.69, 9.17) is 16.2 Å². The van der Waals surface area contributed by atoms with Gasteiger partial charge in [-0.2, -0.15) is 0 Å². The van der Waals surface area contributed by atoms with Crippen molar-refractivity contribution in [2.45, 2.75) is 37.1 Å². The molecule has 5 N–H and O–H groups in total. The fourth-order valence-electron chi connectivity index (χ4n) is 2.69. The van der Waals surface area contributed by atoms with Gasteiger partial charge in [0, 0.05) is 6.54 Å². The predicted octanol–water partition coefficient (Wildman–Crippen LogP) is 1.60. The van der Waals surface area contributed by atoms with Gasteiger partial charge in [0.1, 0.15) is 11.5 Å². The maximum atomic E-state index is 12.5. The lowest BCUT2D eigenvalue weighted by molar-refractivity contribution is -0.118. The van der Waals surface area contributed by atoms with Crippen LogP contribution in [0.3, 0.4) is 0 Å². The molecule has 30 heavy (non-hydrogen) atoms. The molecule has 2 aromatic carbocycles. The Morgan fingerprint density at radius 2 is 1.73 bits per heavy atom. The smallest absolute Gasteiger partial charge is 0.241 e. The molecule has 0 saturated heterocycles. The summed E-state index contributed by atoms with van der Waals surface area (Å²) in [6, 6.07) is 14.4. The number of guanidine groups is 1. The van der Waals surface area contributed by atoms with Gasteiger partial charge in [-0.05, 0) is 56.0 Å². The second-order valence-corrected chi connectivity index (χ2v) is 8.52. The van der Waals surface area contributed by atoms with Gasteiger partial charge in [0.05, 0.1) is 17.5 Å². The van der Waals surface area contributed by atoms with E-state index < -0.39 is 16.1 Å². The van der Waals surface area contributed by atoms with Crippen molar-refractivity contribution >= 4 is 21.8 Å². The summed E-state index contributed by atoms with van der Waals surface area (Å²) in [5.41, 5.74) is 11.4. The molecule has 0 bridgehead atoms. The van der Waals surface area contributed by atoms with E-state index in [2.05, 4.69) is 9.71 Å². The van der Waals surface area contributed by atoms with E-state index in [0.29, 0.717) is 18.9 Å². The Hall–Kier alpha value is -2.91. The number of nitrogens with one attached hydrogen (secondary N) is 1. The number of carbonyl (C=O) groups is 1. The number of hydrogen-bond acceptors (Lipinski definition) is 5. The minimum Gasteiger partial charge on any atom is -0.494 e. The van der Waals surface area contributed by atoms with Crippen LogP contribution in [0.15, 0.2) is 64.5 Å². The van der Waals surface area contributed by atoms with Crippen LogP contribution >= 0.6 is 0 Å². The number of Topliss-reactive ketones (excluding diaryl/α,β-unsaturated/α-hetero) is 1. The number of rotatable bonds is 12. The zero-order chi connectivity index (χ0) is 22.0. The van der Waals surface area contributed by atoms with E-state index in [1.54, 1.807) is 30.3 Å². The van der Waals surface area contributed by atoms with Crippen molar-refractivity contribution in [3.63, 3.8) is 0 Å². The molecule has 0 unspecified atom stereocenters. The van der Waals surface area contributed by atoms with Crippen LogP contribution in [0.25, 0.3) is 0 Å². The maximum Gasteiger partial charge on any atom is 0.241 e. The Labute approximate surface area is 177 Å². The molecule has 0 radical (unpaired) electrons. The van der Waals surface area contributed by atoms with Crippen molar-refractivity contribution in [2.75, 3.05) is 13.2 Å². The first-order valence-corrected chi connectivity index (χ1v) is 11.1. The first-order chi connectivity index (χ1) is 14.3. The topological polar surface area (TPSA) is 137 Å². The van der Waals surface area contributed by atoms with Crippen LogP contribution in [0, 0.1) is 0 Å². The largest absolute Gasteiger partial charge is 0.494 e. The molecule has 0 heterocycles. The molecule has 162 valence electrons. The summed E-state index contributed by atoms with van der Waals surface area (Å²) in [4.78, 5) is 16.0. The normalized spacial score (nSPS) is 12.2. The molecule has 0 aliphatic rings. The Morgan fingerprint density at radius 1 is 1.07 bits per heavy atom. The molecular weight excluding hydrogens is 404 g/mol. The summed E-state index contributed by atoms with van der Waals surface area (Å²) in [6.07, 6.45) is 1.88. The number of ketones is 1. The molecule has 0 fully saturated rings. The zero-order valence-electron chi connectivity index (χ0n) is 17.0. The standard InChI is InChI=1S/C21H28N4O4S/c1-16(26)20(25-30(27,28)19-7-3-2-4-8-19)15-17-9-11-18(12-10-17)29-14-6-5-13-24-21(22)23/h2-4,7-12,20,25H,5-6,13-15H2,1H3,(H4,22,23,24)/t20-/m0/s1. The van der Waals surface area contributed by atoms with Crippen LogP contribution in [-0.4, -0.2) is 39.4 Å². The number of nitrogens with two attached hydrogens (primary N) is 2. The van der Waals surface area contributed by atoms with Crippen LogP contribution < -0.4 is 20.9 Å². The summed E-state index contributed by atoms with van der Waals surface area (Å²) in [7, 11) is -3.78. The van der Waals surface area contributed by atoms with Crippen LogP contribution in [0.4, 0.5) is 0 Å². The van der Waals surface area contributed by atoms with E-state index in [1.165, 1.54) is 19.1 Å². The zero-order valence-corrected chi connectivity index (χ0v) is 17.8. The van der Waals surface area contributed by atoms with Gasteiger partial charge < -0.3 is 16.2 Å². The third kappa shape index (κ3) is 7.84. The van der Waals surface area contributed by atoms with Crippen molar-refractivity contribution in [1.82, 2.24) is 4.72 Å². The number of ether oxygens (including phenoxy) is 1. The number of aliphatic imine (C=N–C) groups is 1. The van der Waals surface area contributed by atoms with Gasteiger partial charge in [-0.1, -0.05) is 30.3 Å². The van der Waals surface area contributed by atoms with Gasteiger partial charge in [-0.3, -0.25) is 9.79 Å². The highest BCUT2D eigenvalue weighted by Gasteiger charge is 2.23. The molecule has 2 aromatic rings. The summed E-state index contributed by atoms with van der Waals surface area (Å²) in [5.74, 6) is 0.530. The minimum absolute atomic E-state index is 0.0847. The second kappa shape index (κ2) is 11.3. The number of sulfonamides is 1. The highest BCUT2D eigenvalue weighted by atomic mass is 32.2. The summed E-state index contributed by atoms with van der Waals surface area (Å²) < 4.78 is 33.2. The SMILES string of the molecule is CC(=O)[C@H](Cc1ccc(OCCCCN=C(N)N)cc1)NS(=O)(=O)c1ccccc1. The van der Waals surface area contributed by atoms with Gasteiger partial charge >= 0.3 is 0 Å². The van der Waals surface area contributed by atoms with Crippen LogP contribution in [0.2, 0.25) is 0 Å². The molecule has 0 spiro atoms. The van der Waals surface area contributed by atoms with Crippen molar-refractivity contribution in [3.05, 3.63) is 60.2 Å². The monoisotopic (exact) mass is 432 g/mol. The van der Waals surface area contributed by atoms with Crippen LogP contribution in [-0.2, 0) is 21.2 Å². The Bertz CT molecular complexity index is 941. The second-order valence-electron chi connectivity index (χ2n) is 6.81. The average Bonchev–Trinajstić information content (AvgIpc) is 2.71. The molecule has 0 aliphatic heterocycles. The molecular formula is C21H28N4O4S. The van der Waals surface area contributed by atoms with Crippen LogP contribution in [0.1, 0.15) is 25.3 Å². The number of nitrogens with zero attached hydrogens (tertiary/aromatic N) is 1. The lowest BCUT2D eigenvalue weighted by Crippen LogP contribution is -2.41. The highest BCUT2D eigenvalue weighted by Crippen LogP contribution is 2.16. The lowest BCUT2D eigenvalue weighted by atomic mass is 10.0. The molecule has 2 rings (SSSR count). The van der Waals surface area contributed by atoms with E-state index in [-0.39, 0.29) is 23.1 Å².